The Morgan fingerprint density at radius 3 is 2.46 bits per heavy atom. The van der Waals surface area contributed by atoms with Crippen LogP contribution in [0.5, 0.6) is 0 Å². The molecule has 0 bridgehead atoms. The number of benzene rings is 2. The van der Waals surface area contributed by atoms with Gasteiger partial charge in [0.1, 0.15) is 11.5 Å². The van der Waals surface area contributed by atoms with Crippen molar-refractivity contribution in [2.75, 3.05) is 18.0 Å². The van der Waals surface area contributed by atoms with Crippen molar-refractivity contribution in [2.45, 2.75) is 38.0 Å². The number of rotatable bonds is 4. The van der Waals surface area contributed by atoms with Crippen LogP contribution < -0.4 is 4.90 Å². The number of pyridine rings is 1. The van der Waals surface area contributed by atoms with Crippen LogP contribution in [0.3, 0.4) is 0 Å². The average Bonchev–Trinajstić information content (AvgIpc) is 3.62. The summed E-state index contributed by atoms with van der Waals surface area (Å²) < 4.78 is 5.91. The Morgan fingerprint density at radius 2 is 1.71 bits per heavy atom. The van der Waals surface area contributed by atoms with E-state index in [1.165, 1.54) is 16.6 Å². The molecule has 3 heterocycles. The van der Waals surface area contributed by atoms with E-state index in [-0.39, 0.29) is 5.41 Å². The number of anilines is 1. The summed E-state index contributed by atoms with van der Waals surface area (Å²) in [7, 11) is 0. The standard InChI is InChI=1S/C29H25Cl2N3O/c30-22-4-1-5-23(31)26(22)27-25(28(35-33-27)18-6-7-18)20-16-29(17-20)10-13-34(14-11-29)21-8-9-24-19(15-21)3-2-12-32-24/h1-5,8-9,12,15-16,18H,6-7,10-11,13-14,17H2. The van der Waals surface area contributed by atoms with Crippen molar-refractivity contribution in [1.29, 1.82) is 0 Å². The van der Waals surface area contributed by atoms with Gasteiger partial charge in [-0.1, -0.05) is 46.6 Å². The van der Waals surface area contributed by atoms with Gasteiger partial charge in [-0.15, -0.1) is 0 Å². The summed E-state index contributed by atoms with van der Waals surface area (Å²) in [5.41, 5.74) is 6.64. The lowest BCUT2D eigenvalue weighted by Crippen LogP contribution is -2.42. The Morgan fingerprint density at radius 1 is 0.943 bits per heavy atom. The van der Waals surface area contributed by atoms with Crippen LogP contribution in [0.1, 0.15) is 49.3 Å². The number of piperidine rings is 1. The molecule has 0 amide bonds. The zero-order valence-corrected chi connectivity index (χ0v) is 20.8. The van der Waals surface area contributed by atoms with E-state index in [0.717, 1.165) is 73.3 Å². The van der Waals surface area contributed by atoms with E-state index in [4.69, 9.17) is 27.7 Å². The summed E-state index contributed by atoms with van der Waals surface area (Å²) in [6, 6.07) is 16.3. The maximum atomic E-state index is 6.56. The second kappa shape index (κ2) is 8.11. The van der Waals surface area contributed by atoms with Gasteiger partial charge in [0.15, 0.2) is 0 Å². The van der Waals surface area contributed by atoms with Gasteiger partial charge >= 0.3 is 0 Å². The fourth-order valence-corrected chi connectivity index (χ4v) is 6.38. The third-order valence-electron chi connectivity index (χ3n) is 7.92. The molecule has 2 aromatic carbocycles. The van der Waals surface area contributed by atoms with E-state index in [1.807, 2.05) is 30.5 Å². The molecule has 35 heavy (non-hydrogen) atoms. The van der Waals surface area contributed by atoms with Crippen molar-refractivity contribution >= 4 is 45.4 Å². The predicted molar refractivity (Wildman–Crippen MR) is 142 cm³/mol. The van der Waals surface area contributed by atoms with Crippen LogP contribution in [0.15, 0.2) is 65.3 Å². The molecule has 0 atom stereocenters. The maximum Gasteiger partial charge on any atom is 0.147 e. The van der Waals surface area contributed by atoms with Gasteiger partial charge in [0.05, 0.1) is 15.6 Å². The maximum absolute atomic E-state index is 6.56. The predicted octanol–water partition coefficient (Wildman–Crippen LogP) is 8.15. The van der Waals surface area contributed by atoms with E-state index in [0.29, 0.717) is 16.0 Å². The van der Waals surface area contributed by atoms with Crippen LogP contribution in [-0.2, 0) is 0 Å². The zero-order chi connectivity index (χ0) is 23.6. The zero-order valence-electron chi connectivity index (χ0n) is 19.3. The second-order valence-electron chi connectivity index (χ2n) is 10.2. The number of nitrogens with zero attached hydrogens (tertiary/aromatic N) is 3. The Balaban J connectivity index is 1.16. The van der Waals surface area contributed by atoms with E-state index in [2.05, 4.69) is 45.4 Å². The van der Waals surface area contributed by atoms with E-state index >= 15 is 0 Å². The average molecular weight is 502 g/mol. The molecule has 1 aliphatic heterocycles. The monoisotopic (exact) mass is 501 g/mol. The van der Waals surface area contributed by atoms with Gasteiger partial charge in [-0.3, -0.25) is 4.98 Å². The first kappa shape index (κ1) is 21.5. The highest BCUT2D eigenvalue weighted by molar-refractivity contribution is 6.39. The summed E-state index contributed by atoms with van der Waals surface area (Å²) in [5.74, 6) is 1.48. The van der Waals surface area contributed by atoms with Crippen LogP contribution in [0.4, 0.5) is 5.69 Å². The highest BCUT2D eigenvalue weighted by Crippen LogP contribution is 2.56. The van der Waals surface area contributed by atoms with Crippen LogP contribution in [-0.4, -0.2) is 23.2 Å². The minimum absolute atomic E-state index is 0.254. The fraction of sp³-hybridized carbons (Fsp3) is 0.310. The summed E-state index contributed by atoms with van der Waals surface area (Å²) in [4.78, 5) is 6.96. The van der Waals surface area contributed by atoms with Gasteiger partial charge in [-0.2, -0.15) is 0 Å². The molecule has 0 unspecified atom stereocenters. The van der Waals surface area contributed by atoms with Crippen LogP contribution in [0.2, 0.25) is 10.0 Å². The normalized spacial score (nSPS) is 19.1. The van der Waals surface area contributed by atoms with Crippen molar-refractivity contribution in [2.24, 2.45) is 5.41 Å². The van der Waals surface area contributed by atoms with Crippen molar-refractivity contribution in [1.82, 2.24) is 10.1 Å². The first-order valence-corrected chi connectivity index (χ1v) is 13.1. The number of hydrogen-bond donors (Lipinski definition) is 0. The lowest BCUT2D eigenvalue weighted by Gasteiger charge is -2.47. The minimum Gasteiger partial charge on any atom is -0.371 e. The Bertz CT molecular complexity index is 1460. The molecule has 2 aromatic heterocycles. The van der Waals surface area contributed by atoms with Gasteiger partial charge in [0.2, 0.25) is 0 Å². The van der Waals surface area contributed by atoms with Crippen molar-refractivity contribution in [3.05, 3.63) is 82.2 Å². The van der Waals surface area contributed by atoms with Gasteiger partial charge < -0.3 is 9.42 Å². The number of allylic oxidation sites excluding steroid dienone is 2. The molecule has 4 aromatic rings. The number of halogens is 2. The van der Waals surface area contributed by atoms with Gasteiger partial charge in [-0.05, 0) is 79.5 Å². The van der Waals surface area contributed by atoms with E-state index in [1.54, 1.807) is 0 Å². The smallest absolute Gasteiger partial charge is 0.147 e. The Kier molecular flexibility index (Phi) is 4.97. The molecule has 6 heteroatoms. The lowest BCUT2D eigenvalue weighted by molar-refractivity contribution is 0.277. The number of aromatic nitrogens is 2. The van der Waals surface area contributed by atoms with E-state index < -0.39 is 0 Å². The molecular weight excluding hydrogens is 477 g/mol. The van der Waals surface area contributed by atoms with E-state index in [9.17, 15) is 0 Å². The topological polar surface area (TPSA) is 42.2 Å². The highest BCUT2D eigenvalue weighted by Gasteiger charge is 2.44. The first-order valence-electron chi connectivity index (χ1n) is 12.4. The summed E-state index contributed by atoms with van der Waals surface area (Å²) in [6.07, 6.45) is 10.0. The first-order chi connectivity index (χ1) is 17.1. The molecule has 176 valence electrons. The molecule has 0 N–H and O–H groups in total. The molecule has 2 aliphatic carbocycles. The Hall–Kier alpha value is -2.82. The molecular formula is C29H25Cl2N3O. The van der Waals surface area contributed by atoms with Crippen LogP contribution in [0, 0.1) is 5.41 Å². The molecule has 1 saturated carbocycles. The van der Waals surface area contributed by atoms with Crippen LogP contribution >= 0.6 is 23.2 Å². The SMILES string of the molecule is Clc1cccc(Cl)c1-c1noc(C2CC2)c1C1=CC2(CCN(c3ccc4ncccc4c3)CC2)C1. The summed E-state index contributed by atoms with van der Waals surface area (Å²) >= 11 is 13.1. The fourth-order valence-electron chi connectivity index (χ4n) is 5.80. The summed E-state index contributed by atoms with van der Waals surface area (Å²) in [6.45, 7) is 2.11. The molecule has 0 radical (unpaired) electrons. The highest BCUT2D eigenvalue weighted by atomic mass is 35.5. The third-order valence-corrected chi connectivity index (χ3v) is 8.55. The molecule has 7 rings (SSSR count). The van der Waals surface area contributed by atoms with Gasteiger partial charge in [0.25, 0.3) is 0 Å². The van der Waals surface area contributed by atoms with Crippen molar-refractivity contribution in [3.63, 3.8) is 0 Å². The molecule has 2 fully saturated rings. The van der Waals surface area contributed by atoms with Crippen molar-refractivity contribution < 1.29 is 4.52 Å². The third kappa shape index (κ3) is 3.66. The minimum atomic E-state index is 0.254. The van der Waals surface area contributed by atoms with Crippen LogP contribution in [0.25, 0.3) is 27.7 Å². The van der Waals surface area contributed by atoms with Crippen molar-refractivity contribution in [3.8, 4) is 11.3 Å². The van der Waals surface area contributed by atoms with Gasteiger partial charge in [0, 0.05) is 47.4 Å². The van der Waals surface area contributed by atoms with Gasteiger partial charge in [-0.25, -0.2) is 0 Å². The molecule has 1 saturated heterocycles. The Labute approximate surface area is 214 Å². The largest absolute Gasteiger partial charge is 0.371 e. The lowest BCUT2D eigenvalue weighted by atomic mass is 9.63. The molecule has 4 nitrogen and oxygen atoms in total. The molecule has 1 spiro atoms. The quantitative estimate of drug-likeness (QED) is 0.282. The number of hydrogen-bond acceptors (Lipinski definition) is 4. The number of fused-ring (bicyclic) bond motifs is 1. The summed E-state index contributed by atoms with van der Waals surface area (Å²) in [5, 5.41) is 6.91. The second-order valence-corrected chi connectivity index (χ2v) is 11.0. The molecule has 3 aliphatic rings.